The molecule has 1 atom stereocenters. The minimum absolute atomic E-state index is 0.327. The molecule has 1 amide bonds. The molecular weight excluding hydrogens is 244 g/mol. The average Bonchev–Trinajstić information content (AvgIpc) is 2.40. The first-order valence-corrected chi connectivity index (χ1v) is 6.91. The van der Waals surface area contributed by atoms with Gasteiger partial charge in [0.1, 0.15) is 17.6 Å². The number of rotatable bonds is 9. The lowest BCUT2D eigenvalue weighted by atomic mass is 10.2. The van der Waals surface area contributed by atoms with Crippen LogP contribution in [0.25, 0.3) is 0 Å². The van der Waals surface area contributed by atoms with Gasteiger partial charge in [0.05, 0.1) is 6.61 Å². The van der Waals surface area contributed by atoms with Crippen molar-refractivity contribution < 1.29 is 14.3 Å². The van der Waals surface area contributed by atoms with Gasteiger partial charge in [-0.15, -0.1) is 0 Å². The van der Waals surface area contributed by atoms with Gasteiger partial charge in [0.25, 0.3) is 5.91 Å². The molecule has 1 unspecified atom stereocenters. The van der Waals surface area contributed by atoms with Gasteiger partial charge < -0.3 is 20.5 Å². The van der Waals surface area contributed by atoms with Gasteiger partial charge in [0.2, 0.25) is 0 Å². The Hall–Kier alpha value is -1.49. The van der Waals surface area contributed by atoms with E-state index in [2.05, 4.69) is 19.2 Å². The lowest BCUT2D eigenvalue weighted by molar-refractivity contribution is -0.115. The topological polar surface area (TPSA) is 73.6 Å². The normalized spacial score (nSPS) is 18.3. The quantitative estimate of drug-likeness (QED) is 0.625. The van der Waals surface area contributed by atoms with Gasteiger partial charge in [0, 0.05) is 12.8 Å². The number of ether oxygens (including phenoxy) is 2. The molecule has 0 aromatic carbocycles. The van der Waals surface area contributed by atoms with E-state index in [4.69, 9.17) is 15.2 Å². The SMILES string of the molecule is CCCCOC1=CNC(C(N)=O)=CC1OCCCC. The van der Waals surface area contributed by atoms with Crippen LogP contribution in [0.5, 0.6) is 0 Å². The second-order valence-electron chi connectivity index (χ2n) is 4.48. The summed E-state index contributed by atoms with van der Waals surface area (Å²) in [6, 6.07) is 0. The molecule has 5 nitrogen and oxygen atoms in total. The van der Waals surface area contributed by atoms with Crippen LogP contribution < -0.4 is 11.1 Å². The summed E-state index contributed by atoms with van der Waals surface area (Å²) in [7, 11) is 0. The molecule has 1 heterocycles. The highest BCUT2D eigenvalue weighted by molar-refractivity contribution is 5.91. The molecule has 108 valence electrons. The van der Waals surface area contributed by atoms with E-state index in [0.29, 0.717) is 24.7 Å². The summed E-state index contributed by atoms with van der Waals surface area (Å²) in [6.45, 7) is 5.50. The van der Waals surface area contributed by atoms with E-state index in [1.54, 1.807) is 12.3 Å². The second kappa shape index (κ2) is 8.58. The van der Waals surface area contributed by atoms with Crippen molar-refractivity contribution in [1.82, 2.24) is 5.32 Å². The van der Waals surface area contributed by atoms with E-state index in [0.717, 1.165) is 25.7 Å². The largest absolute Gasteiger partial charge is 0.493 e. The molecule has 0 aliphatic carbocycles. The summed E-state index contributed by atoms with van der Waals surface area (Å²) in [4.78, 5) is 11.2. The predicted octanol–water partition coefficient (Wildman–Crippen LogP) is 1.80. The van der Waals surface area contributed by atoms with Gasteiger partial charge in [-0.3, -0.25) is 4.79 Å². The van der Waals surface area contributed by atoms with E-state index in [1.807, 2.05) is 0 Å². The zero-order valence-electron chi connectivity index (χ0n) is 11.8. The fourth-order valence-electron chi connectivity index (χ4n) is 1.61. The Morgan fingerprint density at radius 2 is 2.00 bits per heavy atom. The Kier molecular flexibility index (Phi) is 7.03. The average molecular weight is 268 g/mol. The highest BCUT2D eigenvalue weighted by atomic mass is 16.5. The van der Waals surface area contributed by atoms with Crippen molar-refractivity contribution in [3.05, 3.63) is 23.7 Å². The summed E-state index contributed by atoms with van der Waals surface area (Å²) in [5, 5.41) is 2.84. The molecular formula is C14H24N2O3. The van der Waals surface area contributed by atoms with Crippen molar-refractivity contribution in [2.75, 3.05) is 13.2 Å². The van der Waals surface area contributed by atoms with Crippen molar-refractivity contribution in [3.8, 4) is 0 Å². The summed E-state index contributed by atoms with van der Waals surface area (Å²) in [5.74, 6) is 0.211. The fraction of sp³-hybridized carbons (Fsp3) is 0.643. The van der Waals surface area contributed by atoms with Gasteiger partial charge in [-0.2, -0.15) is 0 Å². The smallest absolute Gasteiger partial charge is 0.264 e. The maximum Gasteiger partial charge on any atom is 0.264 e. The first kappa shape index (κ1) is 15.6. The fourth-order valence-corrected chi connectivity index (χ4v) is 1.61. The summed E-state index contributed by atoms with van der Waals surface area (Å²) < 4.78 is 11.4. The second-order valence-corrected chi connectivity index (χ2v) is 4.48. The summed E-state index contributed by atoms with van der Waals surface area (Å²) >= 11 is 0. The number of dihydropyridines is 1. The van der Waals surface area contributed by atoms with E-state index in [9.17, 15) is 4.79 Å². The lowest BCUT2D eigenvalue weighted by Gasteiger charge is -2.23. The number of unbranched alkanes of at least 4 members (excludes halogenated alkanes) is 2. The minimum Gasteiger partial charge on any atom is -0.493 e. The van der Waals surface area contributed by atoms with Crippen molar-refractivity contribution in [2.24, 2.45) is 5.73 Å². The molecule has 1 aliphatic rings. The Labute approximate surface area is 114 Å². The van der Waals surface area contributed by atoms with Crippen LogP contribution in [0, 0.1) is 0 Å². The van der Waals surface area contributed by atoms with Crippen molar-refractivity contribution >= 4 is 5.91 Å². The number of nitrogens with two attached hydrogens (primary N) is 1. The maximum absolute atomic E-state index is 11.2. The molecule has 0 bridgehead atoms. The van der Waals surface area contributed by atoms with Gasteiger partial charge >= 0.3 is 0 Å². The molecule has 19 heavy (non-hydrogen) atoms. The van der Waals surface area contributed by atoms with Crippen molar-refractivity contribution in [2.45, 2.75) is 45.6 Å². The third-order valence-electron chi connectivity index (χ3n) is 2.80. The molecule has 5 heteroatoms. The Bertz CT molecular complexity index is 351. The number of primary amides is 1. The van der Waals surface area contributed by atoms with E-state index in [-0.39, 0.29) is 6.10 Å². The van der Waals surface area contributed by atoms with Crippen molar-refractivity contribution in [1.29, 1.82) is 0 Å². The number of carbonyl (C=O) groups is 1. The van der Waals surface area contributed by atoms with E-state index < -0.39 is 5.91 Å². The van der Waals surface area contributed by atoms with Gasteiger partial charge in [-0.25, -0.2) is 0 Å². The van der Waals surface area contributed by atoms with Gasteiger partial charge in [0.15, 0.2) is 0 Å². The number of carbonyl (C=O) groups excluding carboxylic acids is 1. The summed E-state index contributed by atoms with van der Waals surface area (Å²) in [6.07, 6.45) is 7.12. The molecule has 0 fully saturated rings. The minimum atomic E-state index is -0.493. The molecule has 0 aromatic rings. The van der Waals surface area contributed by atoms with Crippen molar-refractivity contribution in [3.63, 3.8) is 0 Å². The monoisotopic (exact) mass is 268 g/mol. The number of nitrogens with one attached hydrogen (secondary N) is 1. The molecule has 0 radical (unpaired) electrons. The first-order chi connectivity index (χ1) is 9.19. The molecule has 0 saturated carbocycles. The van der Waals surface area contributed by atoms with Crippen LogP contribution in [-0.2, 0) is 14.3 Å². The Morgan fingerprint density at radius 1 is 1.32 bits per heavy atom. The zero-order chi connectivity index (χ0) is 14.1. The van der Waals surface area contributed by atoms with Crippen LogP contribution in [0.4, 0.5) is 0 Å². The maximum atomic E-state index is 11.2. The summed E-state index contributed by atoms with van der Waals surface area (Å²) in [5.41, 5.74) is 5.61. The number of hydrogen-bond acceptors (Lipinski definition) is 4. The Morgan fingerprint density at radius 3 is 2.63 bits per heavy atom. The molecule has 0 saturated heterocycles. The molecule has 0 aromatic heterocycles. The molecule has 1 aliphatic heterocycles. The van der Waals surface area contributed by atoms with E-state index >= 15 is 0 Å². The zero-order valence-corrected chi connectivity index (χ0v) is 11.8. The van der Waals surface area contributed by atoms with Crippen LogP contribution in [-0.4, -0.2) is 25.2 Å². The first-order valence-electron chi connectivity index (χ1n) is 6.91. The number of hydrogen-bond donors (Lipinski definition) is 2. The standard InChI is InChI=1S/C14H24N2O3/c1-3-5-7-18-12-9-11(14(15)17)16-10-13(12)19-8-6-4-2/h9-10,12,16H,3-8H2,1-2H3,(H2,15,17). The Balaban J connectivity index is 2.59. The van der Waals surface area contributed by atoms with E-state index in [1.165, 1.54) is 0 Å². The van der Waals surface area contributed by atoms with Gasteiger partial charge in [-0.1, -0.05) is 26.7 Å². The third kappa shape index (κ3) is 5.34. The van der Waals surface area contributed by atoms with Crippen LogP contribution >= 0.6 is 0 Å². The van der Waals surface area contributed by atoms with Gasteiger partial charge in [-0.05, 0) is 18.9 Å². The highest BCUT2D eigenvalue weighted by Crippen LogP contribution is 2.17. The van der Waals surface area contributed by atoms with Crippen LogP contribution in [0.2, 0.25) is 0 Å². The van der Waals surface area contributed by atoms with Crippen LogP contribution in [0.3, 0.4) is 0 Å². The lowest BCUT2D eigenvalue weighted by Crippen LogP contribution is -2.31. The molecule has 3 N–H and O–H groups in total. The van der Waals surface area contributed by atoms with Crippen LogP contribution in [0.15, 0.2) is 23.7 Å². The number of amides is 1. The predicted molar refractivity (Wildman–Crippen MR) is 74.0 cm³/mol. The molecule has 1 rings (SSSR count). The highest BCUT2D eigenvalue weighted by Gasteiger charge is 2.21. The molecule has 0 spiro atoms. The van der Waals surface area contributed by atoms with Crippen LogP contribution in [0.1, 0.15) is 39.5 Å². The third-order valence-corrected chi connectivity index (χ3v) is 2.80.